The highest BCUT2D eigenvalue weighted by molar-refractivity contribution is 5.94. The molecular formula is C23H30N2O2. The van der Waals surface area contributed by atoms with Crippen molar-refractivity contribution in [3.05, 3.63) is 65.7 Å². The summed E-state index contributed by atoms with van der Waals surface area (Å²) < 4.78 is 5.73. The second kappa shape index (κ2) is 9.56. The Bertz CT molecular complexity index is 722. The van der Waals surface area contributed by atoms with Crippen LogP contribution in [0.25, 0.3) is 0 Å². The second-order valence-electron chi connectivity index (χ2n) is 7.74. The molecule has 0 spiro atoms. The van der Waals surface area contributed by atoms with Crippen LogP contribution in [0.2, 0.25) is 0 Å². The highest BCUT2D eigenvalue weighted by Gasteiger charge is 2.21. The SMILES string of the molecule is CC(C)COc1cccc(C(=O)NC2CCN(Cc3ccccc3)CC2)c1. The predicted molar refractivity (Wildman–Crippen MR) is 109 cm³/mol. The van der Waals surface area contributed by atoms with Gasteiger partial charge in [0, 0.05) is 31.2 Å². The van der Waals surface area contributed by atoms with Crippen LogP contribution in [-0.2, 0) is 6.54 Å². The monoisotopic (exact) mass is 366 g/mol. The van der Waals surface area contributed by atoms with Crippen LogP contribution in [0.15, 0.2) is 54.6 Å². The van der Waals surface area contributed by atoms with E-state index in [9.17, 15) is 4.79 Å². The van der Waals surface area contributed by atoms with E-state index in [0.717, 1.165) is 38.2 Å². The zero-order chi connectivity index (χ0) is 19.1. The normalized spacial score (nSPS) is 15.7. The van der Waals surface area contributed by atoms with Crippen molar-refractivity contribution < 1.29 is 9.53 Å². The Labute approximate surface area is 162 Å². The van der Waals surface area contributed by atoms with E-state index in [1.807, 2.05) is 30.3 Å². The van der Waals surface area contributed by atoms with Gasteiger partial charge in [0.1, 0.15) is 5.75 Å². The minimum atomic E-state index is -0.00786. The molecule has 0 bridgehead atoms. The summed E-state index contributed by atoms with van der Waals surface area (Å²) >= 11 is 0. The Kier molecular flexibility index (Phi) is 6.88. The molecule has 0 unspecified atom stereocenters. The number of likely N-dealkylation sites (tertiary alicyclic amines) is 1. The fourth-order valence-corrected chi connectivity index (χ4v) is 3.34. The molecule has 0 aromatic heterocycles. The first-order chi connectivity index (χ1) is 13.1. The van der Waals surface area contributed by atoms with E-state index in [1.165, 1.54) is 5.56 Å². The number of hydrogen-bond acceptors (Lipinski definition) is 3. The minimum Gasteiger partial charge on any atom is -0.493 e. The lowest BCUT2D eigenvalue weighted by Crippen LogP contribution is -2.44. The summed E-state index contributed by atoms with van der Waals surface area (Å²) in [4.78, 5) is 15.1. The Morgan fingerprint density at radius 2 is 1.85 bits per heavy atom. The van der Waals surface area contributed by atoms with Gasteiger partial charge in [0.15, 0.2) is 0 Å². The summed E-state index contributed by atoms with van der Waals surface area (Å²) in [6.45, 7) is 7.89. The third-order valence-corrected chi connectivity index (χ3v) is 4.85. The van der Waals surface area contributed by atoms with Crippen LogP contribution in [0.5, 0.6) is 5.75 Å². The molecule has 1 amide bonds. The van der Waals surface area contributed by atoms with Gasteiger partial charge in [-0.2, -0.15) is 0 Å². The third-order valence-electron chi connectivity index (χ3n) is 4.85. The first-order valence-electron chi connectivity index (χ1n) is 9.90. The summed E-state index contributed by atoms with van der Waals surface area (Å²) in [5.41, 5.74) is 2.01. The maximum absolute atomic E-state index is 12.6. The van der Waals surface area contributed by atoms with Gasteiger partial charge in [-0.05, 0) is 42.5 Å². The first kappa shape index (κ1) is 19.4. The predicted octanol–water partition coefficient (Wildman–Crippen LogP) is 4.12. The van der Waals surface area contributed by atoms with E-state index in [0.29, 0.717) is 18.1 Å². The summed E-state index contributed by atoms with van der Waals surface area (Å²) in [6.07, 6.45) is 1.98. The molecule has 27 heavy (non-hydrogen) atoms. The van der Waals surface area contributed by atoms with Crippen molar-refractivity contribution in [1.29, 1.82) is 0 Å². The van der Waals surface area contributed by atoms with Crippen LogP contribution in [0.1, 0.15) is 42.6 Å². The molecule has 1 fully saturated rings. The number of nitrogens with one attached hydrogen (secondary N) is 1. The van der Waals surface area contributed by atoms with E-state index < -0.39 is 0 Å². The maximum atomic E-state index is 12.6. The third kappa shape index (κ3) is 6.10. The summed E-state index contributed by atoms with van der Waals surface area (Å²) in [7, 11) is 0. The van der Waals surface area contributed by atoms with Crippen molar-refractivity contribution in [2.45, 2.75) is 39.3 Å². The van der Waals surface area contributed by atoms with E-state index in [4.69, 9.17) is 4.74 Å². The summed E-state index contributed by atoms with van der Waals surface area (Å²) in [6, 6.07) is 18.3. The molecule has 2 aromatic carbocycles. The molecule has 1 aliphatic heterocycles. The van der Waals surface area contributed by atoms with Crippen molar-refractivity contribution in [2.75, 3.05) is 19.7 Å². The number of ether oxygens (including phenoxy) is 1. The fraction of sp³-hybridized carbons (Fsp3) is 0.435. The number of carbonyl (C=O) groups excluding carboxylic acids is 1. The minimum absolute atomic E-state index is 0.00786. The van der Waals surface area contributed by atoms with Crippen molar-refractivity contribution in [3.63, 3.8) is 0 Å². The lowest BCUT2D eigenvalue weighted by molar-refractivity contribution is 0.0908. The Morgan fingerprint density at radius 3 is 2.56 bits per heavy atom. The molecule has 0 aliphatic carbocycles. The maximum Gasteiger partial charge on any atom is 0.251 e. The average Bonchev–Trinajstić information content (AvgIpc) is 2.69. The molecule has 0 atom stereocenters. The van der Waals surface area contributed by atoms with Gasteiger partial charge in [0.05, 0.1) is 6.61 Å². The number of nitrogens with zero attached hydrogens (tertiary/aromatic N) is 1. The molecule has 144 valence electrons. The highest BCUT2D eigenvalue weighted by Crippen LogP contribution is 2.17. The summed E-state index contributed by atoms with van der Waals surface area (Å²) in [5, 5.41) is 3.19. The fourth-order valence-electron chi connectivity index (χ4n) is 3.34. The van der Waals surface area contributed by atoms with Gasteiger partial charge in [0.25, 0.3) is 5.91 Å². The Morgan fingerprint density at radius 1 is 1.11 bits per heavy atom. The standard InChI is InChI=1S/C23H30N2O2/c1-18(2)17-27-22-10-6-9-20(15-22)23(26)24-21-11-13-25(14-12-21)16-19-7-4-3-5-8-19/h3-10,15,18,21H,11-14,16-17H2,1-2H3,(H,24,26). The number of amides is 1. The number of piperidine rings is 1. The molecule has 4 nitrogen and oxygen atoms in total. The molecule has 2 aromatic rings. The zero-order valence-corrected chi connectivity index (χ0v) is 16.4. The average molecular weight is 367 g/mol. The van der Waals surface area contributed by atoms with Gasteiger partial charge in [-0.15, -0.1) is 0 Å². The molecule has 1 N–H and O–H groups in total. The number of hydrogen-bond donors (Lipinski definition) is 1. The van der Waals surface area contributed by atoms with Gasteiger partial charge < -0.3 is 10.1 Å². The molecule has 1 aliphatic rings. The van der Waals surface area contributed by atoms with E-state index in [-0.39, 0.29) is 11.9 Å². The Hall–Kier alpha value is -2.33. The van der Waals surface area contributed by atoms with Gasteiger partial charge in [-0.3, -0.25) is 9.69 Å². The molecule has 0 saturated carbocycles. The van der Waals surface area contributed by atoms with E-state index in [2.05, 4.69) is 48.3 Å². The van der Waals surface area contributed by atoms with Crippen LogP contribution in [0, 0.1) is 5.92 Å². The van der Waals surface area contributed by atoms with Crippen molar-refractivity contribution in [1.82, 2.24) is 10.2 Å². The lowest BCUT2D eigenvalue weighted by Gasteiger charge is -2.32. The van der Waals surface area contributed by atoms with E-state index >= 15 is 0 Å². The van der Waals surface area contributed by atoms with Gasteiger partial charge in [0.2, 0.25) is 0 Å². The number of carbonyl (C=O) groups is 1. The quantitative estimate of drug-likeness (QED) is 0.802. The first-order valence-corrected chi connectivity index (χ1v) is 9.90. The number of rotatable bonds is 7. The molecule has 4 heteroatoms. The van der Waals surface area contributed by atoms with E-state index in [1.54, 1.807) is 0 Å². The van der Waals surface area contributed by atoms with Crippen LogP contribution in [-0.4, -0.2) is 36.5 Å². The largest absolute Gasteiger partial charge is 0.493 e. The van der Waals surface area contributed by atoms with Crippen LogP contribution in [0.3, 0.4) is 0 Å². The topological polar surface area (TPSA) is 41.6 Å². The smallest absolute Gasteiger partial charge is 0.251 e. The van der Waals surface area contributed by atoms with Crippen molar-refractivity contribution >= 4 is 5.91 Å². The van der Waals surface area contributed by atoms with Gasteiger partial charge >= 0.3 is 0 Å². The Balaban J connectivity index is 1.47. The van der Waals surface area contributed by atoms with Gasteiger partial charge in [-0.1, -0.05) is 50.2 Å². The molecule has 1 saturated heterocycles. The lowest BCUT2D eigenvalue weighted by atomic mass is 10.0. The molecule has 3 rings (SSSR count). The van der Waals surface area contributed by atoms with Crippen LogP contribution >= 0.6 is 0 Å². The van der Waals surface area contributed by atoms with Crippen LogP contribution < -0.4 is 10.1 Å². The molecule has 0 radical (unpaired) electrons. The second-order valence-corrected chi connectivity index (χ2v) is 7.74. The van der Waals surface area contributed by atoms with Gasteiger partial charge in [-0.25, -0.2) is 0 Å². The number of benzene rings is 2. The summed E-state index contributed by atoms with van der Waals surface area (Å²) in [5.74, 6) is 1.21. The van der Waals surface area contributed by atoms with Crippen molar-refractivity contribution in [3.8, 4) is 5.75 Å². The zero-order valence-electron chi connectivity index (χ0n) is 16.4. The highest BCUT2D eigenvalue weighted by atomic mass is 16.5. The molecular weight excluding hydrogens is 336 g/mol. The van der Waals surface area contributed by atoms with Crippen molar-refractivity contribution in [2.24, 2.45) is 5.92 Å². The van der Waals surface area contributed by atoms with Crippen LogP contribution in [0.4, 0.5) is 0 Å². The molecule has 1 heterocycles.